The lowest BCUT2D eigenvalue weighted by Gasteiger charge is -2.44. The van der Waals surface area contributed by atoms with Crippen LogP contribution in [0.3, 0.4) is 0 Å². The predicted octanol–water partition coefficient (Wildman–Crippen LogP) is 5.29. The Morgan fingerprint density at radius 1 is 1.05 bits per heavy atom. The number of carbonyl (C=O) groups is 1. The predicted molar refractivity (Wildman–Crippen MR) is 89.8 cm³/mol. The number of amides is 1. The van der Waals surface area contributed by atoms with Crippen LogP contribution < -0.4 is 0 Å². The van der Waals surface area contributed by atoms with Crippen molar-refractivity contribution in [3.8, 4) is 0 Å². The molecule has 0 unspecified atom stereocenters. The van der Waals surface area contributed by atoms with E-state index in [1.165, 1.54) is 44.9 Å². The van der Waals surface area contributed by atoms with Gasteiger partial charge in [-0.3, -0.25) is 4.79 Å². The van der Waals surface area contributed by atoms with Gasteiger partial charge in [0, 0.05) is 28.1 Å². The van der Waals surface area contributed by atoms with Crippen LogP contribution in [0.4, 0.5) is 0 Å². The number of benzene rings is 1. The van der Waals surface area contributed by atoms with E-state index in [9.17, 15) is 4.79 Å². The zero-order chi connectivity index (χ0) is 14.9. The first-order valence-corrected chi connectivity index (χ1v) is 9.01. The first-order chi connectivity index (χ1) is 10.1. The molecule has 114 valence electrons. The Labute approximate surface area is 140 Å². The van der Waals surface area contributed by atoms with Crippen molar-refractivity contribution >= 4 is 33.4 Å². The summed E-state index contributed by atoms with van der Waals surface area (Å²) in [5.41, 5.74) is 1.22. The molecule has 4 heteroatoms. The van der Waals surface area contributed by atoms with Crippen molar-refractivity contribution in [3.63, 3.8) is 0 Å². The van der Waals surface area contributed by atoms with Crippen molar-refractivity contribution in [1.29, 1.82) is 0 Å². The molecular formula is C17H21BrClNO. The van der Waals surface area contributed by atoms with E-state index in [0.717, 1.165) is 17.6 Å². The number of carbonyl (C=O) groups excluding carboxylic acids is 1. The molecule has 1 spiro atoms. The summed E-state index contributed by atoms with van der Waals surface area (Å²) in [6.45, 7) is 1.78. The molecule has 0 N–H and O–H groups in total. The maximum absolute atomic E-state index is 12.6. The number of hydrogen-bond acceptors (Lipinski definition) is 1. The third-order valence-electron chi connectivity index (χ3n) is 5.14. The Hall–Kier alpha value is -0.540. The van der Waals surface area contributed by atoms with E-state index in [2.05, 4.69) is 15.9 Å². The van der Waals surface area contributed by atoms with Gasteiger partial charge in [-0.25, -0.2) is 0 Å². The Morgan fingerprint density at radius 3 is 2.33 bits per heavy atom. The van der Waals surface area contributed by atoms with Gasteiger partial charge in [-0.05, 0) is 49.3 Å². The van der Waals surface area contributed by atoms with Crippen LogP contribution in [0.2, 0.25) is 5.02 Å². The fourth-order valence-electron chi connectivity index (χ4n) is 3.85. The SMILES string of the molecule is O=C(c1cc(Cl)cc(Br)c1)N1CCC2(CCCCC2)CC1. The highest BCUT2D eigenvalue weighted by atomic mass is 79.9. The largest absolute Gasteiger partial charge is 0.339 e. The van der Waals surface area contributed by atoms with Gasteiger partial charge in [0.1, 0.15) is 0 Å². The van der Waals surface area contributed by atoms with Crippen LogP contribution >= 0.6 is 27.5 Å². The standard InChI is InChI=1S/C17H21BrClNO/c18-14-10-13(11-15(19)12-14)16(21)20-8-6-17(7-9-20)4-2-1-3-5-17/h10-12H,1-9H2. The summed E-state index contributed by atoms with van der Waals surface area (Å²) in [5.74, 6) is 0.115. The molecule has 0 bridgehead atoms. The maximum Gasteiger partial charge on any atom is 0.253 e. The summed E-state index contributed by atoms with van der Waals surface area (Å²) in [6.07, 6.45) is 9.18. The molecule has 1 amide bonds. The molecule has 3 rings (SSSR count). The van der Waals surface area contributed by atoms with Crippen LogP contribution in [-0.2, 0) is 0 Å². The van der Waals surface area contributed by atoms with Crippen LogP contribution in [0.1, 0.15) is 55.3 Å². The lowest BCUT2D eigenvalue weighted by Crippen LogP contribution is -2.43. The highest BCUT2D eigenvalue weighted by Crippen LogP contribution is 2.44. The van der Waals surface area contributed by atoms with Gasteiger partial charge >= 0.3 is 0 Å². The Balaban J connectivity index is 1.67. The Bertz CT molecular complexity index is 509. The summed E-state index contributed by atoms with van der Waals surface area (Å²) < 4.78 is 0.860. The van der Waals surface area contributed by atoms with Gasteiger partial charge in [0.2, 0.25) is 0 Å². The van der Waals surface area contributed by atoms with Crippen molar-refractivity contribution in [1.82, 2.24) is 4.90 Å². The third-order valence-corrected chi connectivity index (χ3v) is 5.81. The van der Waals surface area contributed by atoms with Gasteiger partial charge in [-0.15, -0.1) is 0 Å². The summed E-state index contributed by atoms with van der Waals surface area (Å²) in [4.78, 5) is 14.6. The normalized spacial score (nSPS) is 21.5. The van der Waals surface area contributed by atoms with E-state index in [4.69, 9.17) is 11.6 Å². The molecule has 2 aliphatic rings. The van der Waals surface area contributed by atoms with Crippen LogP contribution in [0.5, 0.6) is 0 Å². The topological polar surface area (TPSA) is 20.3 Å². The van der Waals surface area contributed by atoms with Crippen LogP contribution in [-0.4, -0.2) is 23.9 Å². The zero-order valence-corrected chi connectivity index (χ0v) is 14.5. The second-order valence-electron chi connectivity index (χ2n) is 6.51. The van der Waals surface area contributed by atoms with Crippen LogP contribution in [0.15, 0.2) is 22.7 Å². The van der Waals surface area contributed by atoms with Crippen molar-refractivity contribution in [2.45, 2.75) is 44.9 Å². The lowest BCUT2D eigenvalue weighted by molar-refractivity contribution is 0.0472. The first-order valence-electron chi connectivity index (χ1n) is 7.83. The van der Waals surface area contributed by atoms with Crippen LogP contribution in [0, 0.1) is 5.41 Å². The lowest BCUT2D eigenvalue weighted by atomic mass is 9.68. The smallest absolute Gasteiger partial charge is 0.253 e. The average Bonchev–Trinajstić information content (AvgIpc) is 2.47. The van der Waals surface area contributed by atoms with E-state index in [1.807, 2.05) is 17.0 Å². The third kappa shape index (κ3) is 3.45. The fraction of sp³-hybridized carbons (Fsp3) is 0.588. The number of piperidine rings is 1. The Morgan fingerprint density at radius 2 is 1.71 bits per heavy atom. The minimum Gasteiger partial charge on any atom is -0.339 e. The number of hydrogen-bond donors (Lipinski definition) is 0. The fourth-order valence-corrected chi connectivity index (χ4v) is 4.71. The van der Waals surface area contributed by atoms with E-state index in [-0.39, 0.29) is 5.91 Å². The highest BCUT2D eigenvalue weighted by Gasteiger charge is 2.36. The molecule has 0 radical (unpaired) electrons. The van der Waals surface area contributed by atoms with Gasteiger partial charge in [0.05, 0.1) is 0 Å². The van der Waals surface area contributed by atoms with Crippen LogP contribution in [0.25, 0.3) is 0 Å². The van der Waals surface area contributed by atoms with E-state index in [0.29, 0.717) is 16.0 Å². The zero-order valence-electron chi connectivity index (χ0n) is 12.2. The summed E-state index contributed by atoms with van der Waals surface area (Å²) >= 11 is 9.46. The van der Waals surface area contributed by atoms with Gasteiger partial charge in [0.25, 0.3) is 5.91 Å². The number of halogens is 2. The number of nitrogens with zero attached hydrogens (tertiary/aromatic N) is 1. The quantitative estimate of drug-likeness (QED) is 0.658. The molecule has 1 saturated carbocycles. The molecule has 2 nitrogen and oxygen atoms in total. The first kappa shape index (κ1) is 15.4. The van der Waals surface area contributed by atoms with Crippen molar-refractivity contribution in [2.75, 3.05) is 13.1 Å². The molecule has 1 aliphatic carbocycles. The van der Waals surface area contributed by atoms with E-state index >= 15 is 0 Å². The second kappa shape index (κ2) is 6.29. The summed E-state index contributed by atoms with van der Waals surface area (Å²) in [5, 5.41) is 0.605. The molecule has 1 heterocycles. The number of likely N-dealkylation sites (tertiary alicyclic amines) is 1. The van der Waals surface area contributed by atoms with Gasteiger partial charge in [-0.2, -0.15) is 0 Å². The summed E-state index contributed by atoms with van der Waals surface area (Å²) in [6, 6.07) is 5.43. The van der Waals surface area contributed by atoms with E-state index < -0.39 is 0 Å². The molecule has 0 aromatic heterocycles. The highest BCUT2D eigenvalue weighted by molar-refractivity contribution is 9.10. The average molecular weight is 371 g/mol. The second-order valence-corrected chi connectivity index (χ2v) is 7.86. The maximum atomic E-state index is 12.6. The molecule has 2 fully saturated rings. The van der Waals surface area contributed by atoms with Gasteiger partial charge < -0.3 is 4.90 Å². The van der Waals surface area contributed by atoms with Crippen molar-refractivity contribution in [2.24, 2.45) is 5.41 Å². The molecule has 0 atom stereocenters. The number of rotatable bonds is 1. The molecule has 1 aromatic carbocycles. The van der Waals surface area contributed by atoms with Crippen molar-refractivity contribution in [3.05, 3.63) is 33.3 Å². The molecule has 21 heavy (non-hydrogen) atoms. The minimum atomic E-state index is 0.115. The molecule has 1 aliphatic heterocycles. The van der Waals surface area contributed by atoms with Gasteiger partial charge in [0.15, 0.2) is 0 Å². The molecule has 1 saturated heterocycles. The monoisotopic (exact) mass is 369 g/mol. The minimum absolute atomic E-state index is 0.115. The Kier molecular flexibility index (Phi) is 4.60. The van der Waals surface area contributed by atoms with Gasteiger partial charge in [-0.1, -0.05) is 46.8 Å². The molecule has 1 aromatic rings. The van der Waals surface area contributed by atoms with E-state index in [1.54, 1.807) is 6.07 Å². The summed E-state index contributed by atoms with van der Waals surface area (Å²) in [7, 11) is 0. The van der Waals surface area contributed by atoms with Crippen molar-refractivity contribution < 1.29 is 4.79 Å². The molecular weight excluding hydrogens is 350 g/mol.